The minimum Gasteiger partial charge on any atom is -0.450 e. The summed E-state index contributed by atoms with van der Waals surface area (Å²) >= 11 is 6.02. The first-order valence-corrected chi connectivity index (χ1v) is 12.4. The van der Waals surface area contributed by atoms with E-state index in [4.69, 9.17) is 16.3 Å². The fourth-order valence-electron chi connectivity index (χ4n) is 7.57. The van der Waals surface area contributed by atoms with Crippen LogP contribution in [0.5, 0.6) is 0 Å². The predicted octanol–water partition coefficient (Wildman–Crippen LogP) is 4.70. The van der Waals surface area contributed by atoms with E-state index in [1.54, 1.807) is 19.9 Å². The number of alkyl halides is 2. The zero-order chi connectivity index (χ0) is 24.4. The highest BCUT2D eigenvalue weighted by atomic mass is 35.5. The molecule has 0 aromatic rings. The largest absolute Gasteiger partial charge is 0.450 e. The highest BCUT2D eigenvalue weighted by molar-refractivity contribution is 6.29. The number of allylic oxidation sites excluding steroid dienone is 4. The zero-order valence-electron chi connectivity index (χ0n) is 19.7. The van der Waals surface area contributed by atoms with Gasteiger partial charge >= 0.3 is 5.97 Å². The van der Waals surface area contributed by atoms with E-state index in [9.17, 15) is 19.2 Å². The number of hydrogen-bond acceptors (Lipinski definition) is 5. The molecule has 0 aromatic carbocycles. The average Bonchev–Trinajstić information content (AvgIpc) is 2.97. The molecule has 0 heterocycles. The minimum atomic E-state index is -2.19. The molecule has 0 bridgehead atoms. The Kier molecular flexibility index (Phi) is 5.79. The van der Waals surface area contributed by atoms with Crippen molar-refractivity contribution in [3.63, 3.8) is 0 Å². The molecule has 4 aliphatic carbocycles. The van der Waals surface area contributed by atoms with Crippen LogP contribution in [0, 0.1) is 28.6 Å². The number of carbonyl (C=O) groups is 4. The van der Waals surface area contributed by atoms with Gasteiger partial charge < -0.3 is 4.74 Å². The minimum absolute atomic E-state index is 0.0991. The Morgan fingerprint density at radius 2 is 1.94 bits per heavy atom. The first-order valence-electron chi connectivity index (χ1n) is 11.9. The summed E-state index contributed by atoms with van der Waals surface area (Å²) in [4.78, 5) is 51.8. The summed E-state index contributed by atoms with van der Waals surface area (Å²) < 4.78 is 23.1. The highest BCUT2D eigenvalue weighted by Crippen LogP contribution is 2.70. The maximum absolute atomic E-state index is 17.1. The number of Topliss-reactive ketones (excluding diaryl/α,β-unsaturated/α-hetero) is 2. The molecule has 1 unspecified atom stereocenters. The van der Waals surface area contributed by atoms with Gasteiger partial charge in [-0.25, -0.2) is 4.39 Å². The lowest BCUT2D eigenvalue weighted by molar-refractivity contribution is -0.200. The van der Waals surface area contributed by atoms with Gasteiger partial charge in [-0.05, 0) is 38.2 Å². The van der Waals surface area contributed by atoms with Crippen LogP contribution in [0.25, 0.3) is 0 Å². The maximum atomic E-state index is 17.1. The molecule has 0 spiro atoms. The smallest absolute Gasteiger partial charge is 0.306 e. The first-order chi connectivity index (χ1) is 15.4. The van der Waals surface area contributed by atoms with Crippen LogP contribution in [0.15, 0.2) is 23.8 Å². The second-order valence-electron chi connectivity index (χ2n) is 10.7. The number of ether oxygens (including phenoxy) is 1. The monoisotopic (exact) mass is 478 g/mol. The lowest BCUT2D eigenvalue weighted by Gasteiger charge is -2.59. The van der Waals surface area contributed by atoms with Crippen LogP contribution in [0.3, 0.4) is 0 Å². The second-order valence-corrected chi connectivity index (χ2v) is 11.0. The Morgan fingerprint density at radius 1 is 1.24 bits per heavy atom. The summed E-state index contributed by atoms with van der Waals surface area (Å²) in [6.07, 6.45) is 6.19. The lowest BCUT2D eigenvalue weighted by Crippen LogP contribution is -2.68. The molecule has 5 nitrogen and oxygen atoms in total. The molecule has 7 atom stereocenters. The fraction of sp³-hybridized carbons (Fsp3) is 0.692. The number of carbonyl (C=O) groups excluding carboxylic acids is 4. The fourth-order valence-corrected chi connectivity index (χ4v) is 7.77. The van der Waals surface area contributed by atoms with E-state index >= 15 is 4.39 Å². The van der Waals surface area contributed by atoms with Crippen molar-refractivity contribution in [3.8, 4) is 0 Å². The molecular weight excluding hydrogens is 447 g/mol. The van der Waals surface area contributed by atoms with E-state index in [0.29, 0.717) is 24.8 Å². The van der Waals surface area contributed by atoms with E-state index in [1.807, 2.05) is 19.9 Å². The molecule has 33 heavy (non-hydrogen) atoms. The third-order valence-corrected chi connectivity index (χ3v) is 9.41. The summed E-state index contributed by atoms with van der Waals surface area (Å²) in [6, 6.07) is 0. The molecular formula is C26H32ClFO5. The summed E-state index contributed by atoms with van der Waals surface area (Å²) in [7, 11) is 0. The number of halogens is 2. The lowest BCUT2D eigenvalue weighted by atomic mass is 9.45. The van der Waals surface area contributed by atoms with Crippen LogP contribution in [0.1, 0.15) is 66.2 Å². The van der Waals surface area contributed by atoms with Gasteiger partial charge in [-0.1, -0.05) is 38.5 Å². The third-order valence-electron chi connectivity index (χ3n) is 9.17. The summed E-state index contributed by atoms with van der Waals surface area (Å²) in [5.41, 5.74) is -5.37. The normalized spacial score (nSPS) is 43.9. The Morgan fingerprint density at radius 3 is 2.58 bits per heavy atom. The Hall–Kier alpha value is -1.82. The summed E-state index contributed by atoms with van der Waals surface area (Å²) in [5, 5.41) is 0. The Bertz CT molecular complexity index is 987. The molecule has 0 aliphatic heterocycles. The van der Waals surface area contributed by atoms with Crippen molar-refractivity contribution in [1.29, 1.82) is 0 Å². The molecule has 0 aromatic heterocycles. The molecule has 2 fully saturated rings. The van der Waals surface area contributed by atoms with Crippen molar-refractivity contribution in [2.75, 3.05) is 5.88 Å². The first kappa shape index (κ1) is 24.3. The van der Waals surface area contributed by atoms with Crippen LogP contribution in [0.2, 0.25) is 0 Å². The number of ketones is 3. The van der Waals surface area contributed by atoms with Gasteiger partial charge in [0.15, 0.2) is 28.6 Å². The summed E-state index contributed by atoms with van der Waals surface area (Å²) in [5.74, 6) is -3.42. The topological polar surface area (TPSA) is 77.5 Å². The quantitative estimate of drug-likeness (QED) is 0.325. The van der Waals surface area contributed by atoms with Crippen molar-refractivity contribution < 1.29 is 28.3 Å². The van der Waals surface area contributed by atoms with Gasteiger partial charge in [0, 0.05) is 41.9 Å². The average molecular weight is 479 g/mol. The third kappa shape index (κ3) is 2.95. The standard InChI is InChI=1S/C26H32ClFO5/c1-5-6-22(32)33-26(21(31)14-27)15(2)11-19-18-8-7-16-12-17(29)9-10-23(16,3)25(18,28)20(30)13-24(19,26)4/h7,9-10,15,18-19H,5-6,8,11-14H2,1-4H3/t15-,18-,19-,23-,24-,25-,26?/m0/s1. The van der Waals surface area contributed by atoms with Crippen LogP contribution in [0.4, 0.5) is 4.39 Å². The zero-order valence-corrected chi connectivity index (χ0v) is 20.5. The van der Waals surface area contributed by atoms with Gasteiger partial charge in [0.25, 0.3) is 0 Å². The van der Waals surface area contributed by atoms with E-state index < -0.39 is 51.5 Å². The molecule has 4 rings (SSSR count). The molecule has 0 amide bonds. The number of hydrogen-bond donors (Lipinski definition) is 0. The van der Waals surface area contributed by atoms with Gasteiger partial charge in [-0.3, -0.25) is 19.2 Å². The van der Waals surface area contributed by atoms with E-state index in [0.717, 1.165) is 0 Å². The van der Waals surface area contributed by atoms with Crippen molar-refractivity contribution in [1.82, 2.24) is 0 Å². The number of rotatable bonds is 5. The molecule has 180 valence electrons. The van der Waals surface area contributed by atoms with Crippen LogP contribution < -0.4 is 0 Å². The van der Waals surface area contributed by atoms with E-state index in [-0.39, 0.29) is 36.8 Å². The van der Waals surface area contributed by atoms with Gasteiger partial charge in [0.1, 0.15) is 0 Å². The van der Waals surface area contributed by atoms with Crippen LogP contribution >= 0.6 is 11.6 Å². The maximum Gasteiger partial charge on any atom is 0.306 e. The van der Waals surface area contributed by atoms with Gasteiger partial charge in [0.2, 0.25) is 0 Å². The van der Waals surface area contributed by atoms with E-state index in [2.05, 4.69) is 0 Å². The molecule has 0 N–H and O–H groups in total. The van der Waals surface area contributed by atoms with Crippen LogP contribution in [-0.4, -0.2) is 40.5 Å². The molecule has 2 saturated carbocycles. The highest BCUT2D eigenvalue weighted by Gasteiger charge is 2.77. The molecule has 4 aliphatic rings. The van der Waals surface area contributed by atoms with Crippen molar-refractivity contribution >= 4 is 34.9 Å². The Balaban J connectivity index is 1.85. The van der Waals surface area contributed by atoms with E-state index in [1.165, 1.54) is 6.08 Å². The van der Waals surface area contributed by atoms with Crippen LogP contribution in [-0.2, 0) is 23.9 Å². The molecule has 0 radical (unpaired) electrons. The number of esters is 1. The predicted molar refractivity (Wildman–Crippen MR) is 121 cm³/mol. The summed E-state index contributed by atoms with van der Waals surface area (Å²) in [6.45, 7) is 7.18. The molecule has 7 heteroatoms. The van der Waals surface area contributed by atoms with Crippen molar-refractivity contribution in [3.05, 3.63) is 23.8 Å². The number of fused-ring (bicyclic) bond motifs is 5. The second kappa shape index (κ2) is 7.86. The van der Waals surface area contributed by atoms with Gasteiger partial charge in [-0.15, -0.1) is 11.6 Å². The molecule has 0 saturated heterocycles. The van der Waals surface area contributed by atoms with Crippen molar-refractivity contribution in [2.24, 2.45) is 28.6 Å². The SMILES string of the molecule is CCCC(=O)OC1(C(=O)CCl)[C@@H](C)C[C@H]2[C@@H]3CC=C4CC(=O)C=C[C@]4(C)[C@@]3(F)C(=O)C[C@@]21C. The Labute approximate surface area is 199 Å². The van der Waals surface area contributed by atoms with Gasteiger partial charge in [0.05, 0.1) is 5.88 Å². The van der Waals surface area contributed by atoms with Gasteiger partial charge in [-0.2, -0.15) is 0 Å². The van der Waals surface area contributed by atoms with Crippen molar-refractivity contribution in [2.45, 2.75) is 77.5 Å².